The molecule has 2 aromatic heterocycles. The highest BCUT2D eigenvalue weighted by molar-refractivity contribution is 6.01. The second-order valence-electron chi connectivity index (χ2n) is 6.94. The molecule has 0 radical (unpaired) electrons. The first-order chi connectivity index (χ1) is 14.1. The van der Waals surface area contributed by atoms with Gasteiger partial charge in [-0.2, -0.15) is 5.26 Å². The van der Waals surface area contributed by atoms with Crippen molar-refractivity contribution in [2.24, 2.45) is 0 Å². The SMILES string of the molecule is COc1cc(C#N)ccc1-c1nnc(N[C@@H]2CCCN(C)C2=O)c2cnccc12. The van der Waals surface area contributed by atoms with Crippen molar-refractivity contribution < 1.29 is 9.53 Å². The molecule has 1 aliphatic heterocycles. The first-order valence-corrected chi connectivity index (χ1v) is 9.33. The number of pyridine rings is 1. The molecule has 1 saturated heterocycles. The monoisotopic (exact) mass is 388 g/mol. The Kier molecular flexibility index (Phi) is 4.96. The van der Waals surface area contributed by atoms with Crippen LogP contribution in [0.4, 0.5) is 5.82 Å². The van der Waals surface area contributed by atoms with Gasteiger partial charge in [0, 0.05) is 42.3 Å². The normalized spacial score (nSPS) is 16.5. The largest absolute Gasteiger partial charge is 0.496 e. The third-order valence-electron chi connectivity index (χ3n) is 5.14. The molecule has 0 unspecified atom stereocenters. The predicted octanol–water partition coefficient (Wildman–Crippen LogP) is 2.60. The average molecular weight is 388 g/mol. The van der Waals surface area contributed by atoms with E-state index in [1.807, 2.05) is 13.1 Å². The van der Waals surface area contributed by atoms with Gasteiger partial charge in [0.2, 0.25) is 5.91 Å². The predicted molar refractivity (Wildman–Crippen MR) is 108 cm³/mol. The fourth-order valence-electron chi connectivity index (χ4n) is 3.59. The zero-order valence-electron chi connectivity index (χ0n) is 16.2. The van der Waals surface area contributed by atoms with Crippen molar-refractivity contribution >= 4 is 22.5 Å². The number of nitriles is 1. The number of hydrogen-bond acceptors (Lipinski definition) is 7. The van der Waals surface area contributed by atoms with Gasteiger partial charge in [-0.15, -0.1) is 10.2 Å². The molecule has 0 saturated carbocycles. The van der Waals surface area contributed by atoms with Gasteiger partial charge in [-0.25, -0.2) is 0 Å². The highest BCUT2D eigenvalue weighted by Crippen LogP contribution is 2.35. The van der Waals surface area contributed by atoms with E-state index in [-0.39, 0.29) is 11.9 Å². The van der Waals surface area contributed by atoms with Gasteiger partial charge in [-0.3, -0.25) is 9.78 Å². The summed E-state index contributed by atoms with van der Waals surface area (Å²) < 4.78 is 5.47. The molecule has 3 heterocycles. The number of piperidine rings is 1. The summed E-state index contributed by atoms with van der Waals surface area (Å²) in [5.74, 6) is 1.12. The van der Waals surface area contributed by atoms with Crippen LogP contribution >= 0.6 is 0 Å². The van der Waals surface area contributed by atoms with Gasteiger partial charge in [-0.1, -0.05) is 0 Å². The molecular weight excluding hydrogens is 368 g/mol. The lowest BCUT2D eigenvalue weighted by Gasteiger charge is -2.30. The van der Waals surface area contributed by atoms with Gasteiger partial charge in [0.1, 0.15) is 17.5 Å². The minimum atomic E-state index is -0.332. The molecule has 8 heteroatoms. The van der Waals surface area contributed by atoms with Crippen LogP contribution in [0.15, 0.2) is 36.7 Å². The van der Waals surface area contributed by atoms with E-state index in [1.165, 1.54) is 0 Å². The number of hydrogen-bond donors (Lipinski definition) is 1. The molecule has 146 valence electrons. The summed E-state index contributed by atoms with van der Waals surface area (Å²) >= 11 is 0. The lowest BCUT2D eigenvalue weighted by atomic mass is 10.0. The van der Waals surface area contributed by atoms with Crippen molar-refractivity contribution in [1.29, 1.82) is 5.26 Å². The van der Waals surface area contributed by atoms with Crippen LogP contribution in [0, 0.1) is 11.3 Å². The average Bonchev–Trinajstić information content (AvgIpc) is 2.76. The Morgan fingerprint density at radius 3 is 2.93 bits per heavy atom. The van der Waals surface area contributed by atoms with E-state index < -0.39 is 0 Å². The highest BCUT2D eigenvalue weighted by atomic mass is 16.5. The summed E-state index contributed by atoms with van der Waals surface area (Å²) in [5.41, 5.74) is 1.86. The van der Waals surface area contributed by atoms with Crippen molar-refractivity contribution in [2.45, 2.75) is 18.9 Å². The quantitative estimate of drug-likeness (QED) is 0.732. The lowest BCUT2D eigenvalue weighted by molar-refractivity contribution is -0.132. The second-order valence-corrected chi connectivity index (χ2v) is 6.94. The molecule has 1 fully saturated rings. The molecule has 0 aliphatic carbocycles. The maximum absolute atomic E-state index is 12.5. The van der Waals surface area contributed by atoms with E-state index in [0.717, 1.165) is 35.7 Å². The van der Waals surface area contributed by atoms with Gasteiger partial charge in [-0.05, 0) is 37.1 Å². The van der Waals surface area contributed by atoms with Gasteiger partial charge >= 0.3 is 0 Å². The minimum absolute atomic E-state index is 0.0490. The number of anilines is 1. The van der Waals surface area contributed by atoms with Crippen LogP contribution in [0.25, 0.3) is 22.0 Å². The number of benzene rings is 1. The number of ether oxygens (including phenoxy) is 1. The molecule has 1 aliphatic rings. The highest BCUT2D eigenvalue weighted by Gasteiger charge is 2.27. The summed E-state index contributed by atoms with van der Waals surface area (Å²) in [7, 11) is 3.36. The molecule has 0 bridgehead atoms. The number of carbonyl (C=O) groups is 1. The number of fused-ring (bicyclic) bond motifs is 1. The smallest absolute Gasteiger partial charge is 0.244 e. The number of nitrogens with one attached hydrogen (secondary N) is 1. The first kappa shape index (κ1) is 18.6. The Morgan fingerprint density at radius 2 is 2.14 bits per heavy atom. The molecule has 8 nitrogen and oxygen atoms in total. The first-order valence-electron chi connectivity index (χ1n) is 9.33. The molecule has 0 spiro atoms. The Bertz CT molecular complexity index is 1120. The molecule has 3 aromatic rings. The maximum atomic E-state index is 12.5. The van der Waals surface area contributed by atoms with Gasteiger partial charge < -0.3 is 15.0 Å². The number of aromatic nitrogens is 3. The number of nitrogens with zero attached hydrogens (tertiary/aromatic N) is 5. The van der Waals surface area contributed by atoms with E-state index in [1.54, 1.807) is 42.6 Å². The van der Waals surface area contributed by atoms with Crippen molar-refractivity contribution in [2.75, 3.05) is 26.0 Å². The van der Waals surface area contributed by atoms with Gasteiger partial charge in [0.15, 0.2) is 5.82 Å². The number of likely N-dealkylation sites (tertiary alicyclic amines) is 1. The lowest BCUT2D eigenvalue weighted by Crippen LogP contribution is -2.45. The fourth-order valence-corrected chi connectivity index (χ4v) is 3.59. The molecular formula is C21H20N6O2. The van der Waals surface area contributed by atoms with Gasteiger partial charge in [0.25, 0.3) is 0 Å². The Morgan fingerprint density at radius 1 is 1.28 bits per heavy atom. The fraction of sp³-hybridized carbons (Fsp3) is 0.286. The molecule has 1 aromatic carbocycles. The summed E-state index contributed by atoms with van der Waals surface area (Å²) in [6, 6.07) is 8.82. The van der Waals surface area contributed by atoms with Crippen molar-refractivity contribution in [1.82, 2.24) is 20.1 Å². The Balaban J connectivity index is 1.79. The molecule has 1 atom stereocenters. The molecule has 4 rings (SSSR count). The third-order valence-corrected chi connectivity index (χ3v) is 5.14. The van der Waals surface area contributed by atoms with E-state index in [2.05, 4.69) is 26.6 Å². The van der Waals surface area contributed by atoms with Crippen LogP contribution in [0.2, 0.25) is 0 Å². The van der Waals surface area contributed by atoms with Gasteiger partial charge in [0.05, 0.1) is 18.7 Å². The maximum Gasteiger partial charge on any atom is 0.244 e. The van der Waals surface area contributed by atoms with Crippen molar-refractivity contribution in [3.63, 3.8) is 0 Å². The van der Waals surface area contributed by atoms with Crippen molar-refractivity contribution in [3.8, 4) is 23.1 Å². The third kappa shape index (κ3) is 3.43. The second kappa shape index (κ2) is 7.72. The summed E-state index contributed by atoms with van der Waals surface area (Å²) in [6.07, 6.45) is 5.08. The summed E-state index contributed by atoms with van der Waals surface area (Å²) in [6.45, 7) is 0.766. The topological polar surface area (TPSA) is 104 Å². The van der Waals surface area contributed by atoms with E-state index in [0.29, 0.717) is 22.8 Å². The number of methoxy groups -OCH3 is 1. The van der Waals surface area contributed by atoms with Crippen LogP contribution in [0.5, 0.6) is 5.75 Å². The van der Waals surface area contributed by atoms with Crippen LogP contribution in [0.1, 0.15) is 18.4 Å². The molecule has 29 heavy (non-hydrogen) atoms. The van der Waals surface area contributed by atoms with Crippen LogP contribution < -0.4 is 10.1 Å². The zero-order valence-corrected chi connectivity index (χ0v) is 16.2. The zero-order chi connectivity index (χ0) is 20.4. The standard InChI is InChI=1S/C21H20N6O2/c1-27-9-3-4-17(21(27)28)24-20-16-12-23-8-7-14(16)19(25-26-20)15-6-5-13(11-22)10-18(15)29-2/h5-8,10,12,17H,3-4,9H2,1-2H3,(H,24,26)/t17-/m1/s1. The van der Waals surface area contributed by atoms with Crippen molar-refractivity contribution in [3.05, 3.63) is 42.2 Å². The van der Waals surface area contributed by atoms with E-state index in [4.69, 9.17) is 10.00 Å². The van der Waals surface area contributed by atoms with Crippen LogP contribution in [-0.4, -0.2) is 52.7 Å². The number of amides is 1. The summed E-state index contributed by atoms with van der Waals surface area (Å²) in [4.78, 5) is 18.4. The minimum Gasteiger partial charge on any atom is -0.496 e. The van der Waals surface area contributed by atoms with Crippen LogP contribution in [0.3, 0.4) is 0 Å². The summed E-state index contributed by atoms with van der Waals surface area (Å²) in [5, 5.41) is 22.8. The molecule has 1 amide bonds. The Hall–Kier alpha value is -3.73. The number of carbonyl (C=O) groups excluding carboxylic acids is 1. The molecule has 1 N–H and O–H groups in total. The van der Waals surface area contributed by atoms with E-state index >= 15 is 0 Å². The van der Waals surface area contributed by atoms with Crippen LogP contribution in [-0.2, 0) is 4.79 Å². The Labute approximate surface area is 168 Å². The van der Waals surface area contributed by atoms with E-state index in [9.17, 15) is 4.79 Å². The number of rotatable bonds is 4. The number of likely N-dealkylation sites (N-methyl/N-ethyl adjacent to an activating group) is 1.